The summed E-state index contributed by atoms with van der Waals surface area (Å²) in [4.78, 5) is 47.4. The molecule has 3 aliphatic heterocycles. The van der Waals surface area contributed by atoms with Crippen LogP contribution in [0.3, 0.4) is 0 Å². The van der Waals surface area contributed by atoms with Gasteiger partial charge in [-0.2, -0.15) is 0 Å². The minimum atomic E-state index is -1.19. The van der Waals surface area contributed by atoms with Gasteiger partial charge in [0.2, 0.25) is 17.7 Å². The van der Waals surface area contributed by atoms with Crippen LogP contribution >= 0.6 is 0 Å². The number of ether oxygens (including phenoxy) is 2. The van der Waals surface area contributed by atoms with Crippen LogP contribution in [0.2, 0.25) is 0 Å². The van der Waals surface area contributed by atoms with E-state index in [-0.39, 0.29) is 30.3 Å². The smallest absolute Gasteiger partial charge is 0.246 e. The molecule has 1 spiro atoms. The number of rotatable bonds is 8. The molecule has 9 heteroatoms. The van der Waals surface area contributed by atoms with Crippen molar-refractivity contribution in [2.24, 2.45) is 11.8 Å². The van der Waals surface area contributed by atoms with Crippen LogP contribution in [0.5, 0.6) is 5.75 Å². The van der Waals surface area contributed by atoms with E-state index in [9.17, 15) is 14.4 Å². The van der Waals surface area contributed by atoms with E-state index in [1.54, 1.807) is 47.6 Å². The Kier molecular flexibility index (Phi) is 6.85. The Labute approximate surface area is 228 Å². The summed E-state index contributed by atoms with van der Waals surface area (Å²) in [5, 5.41) is 6.16. The van der Waals surface area contributed by atoms with Crippen molar-refractivity contribution < 1.29 is 23.9 Å². The molecule has 6 rings (SSSR count). The predicted molar refractivity (Wildman–Crippen MR) is 144 cm³/mol. The number of nitrogens with one attached hydrogen (secondary N) is 2. The standard InChI is InChI=1S/C30H34N4O5/c1-2-38-22-12-10-21(11-13-22)32-27(35)24-23-14-15-30(39-23)25(24)29(37)34(18-19-7-6-16-31-17-19)26(30)28(36)33-20-8-4-3-5-9-20/h6-7,10-17,20,23-26H,2-5,8-9,18H2,1H3,(H,32,35)(H,33,36)/t23-,24?,25-,26?,30?/m0/s1. The van der Waals surface area contributed by atoms with E-state index in [0.29, 0.717) is 18.0 Å². The summed E-state index contributed by atoms with van der Waals surface area (Å²) >= 11 is 0. The van der Waals surface area contributed by atoms with E-state index in [4.69, 9.17) is 9.47 Å². The number of anilines is 1. The number of hydrogen-bond acceptors (Lipinski definition) is 6. The van der Waals surface area contributed by atoms with Crippen molar-refractivity contribution in [3.05, 3.63) is 66.5 Å². The Morgan fingerprint density at radius 2 is 1.92 bits per heavy atom. The highest BCUT2D eigenvalue weighted by Crippen LogP contribution is 2.55. The van der Waals surface area contributed by atoms with E-state index in [1.165, 1.54) is 6.42 Å². The van der Waals surface area contributed by atoms with Crippen LogP contribution in [0.1, 0.15) is 44.6 Å². The van der Waals surface area contributed by atoms with Crippen LogP contribution in [0.25, 0.3) is 0 Å². The van der Waals surface area contributed by atoms with Crippen LogP contribution in [-0.4, -0.2) is 58.0 Å². The Bertz CT molecular complexity index is 1260. The van der Waals surface area contributed by atoms with Gasteiger partial charge < -0.3 is 25.0 Å². The Morgan fingerprint density at radius 1 is 1.13 bits per heavy atom. The Hall–Kier alpha value is -3.72. The zero-order valence-corrected chi connectivity index (χ0v) is 22.0. The van der Waals surface area contributed by atoms with Crippen LogP contribution in [-0.2, 0) is 25.7 Å². The Morgan fingerprint density at radius 3 is 2.64 bits per heavy atom. The van der Waals surface area contributed by atoms with Crippen LogP contribution in [0, 0.1) is 11.8 Å². The number of hydrogen-bond donors (Lipinski definition) is 2. The lowest BCUT2D eigenvalue weighted by Crippen LogP contribution is -2.56. The highest BCUT2D eigenvalue weighted by Gasteiger charge is 2.72. The van der Waals surface area contributed by atoms with E-state index in [0.717, 1.165) is 31.2 Å². The molecule has 3 unspecified atom stereocenters. The van der Waals surface area contributed by atoms with Crippen molar-refractivity contribution in [3.8, 4) is 5.75 Å². The molecule has 1 aromatic carbocycles. The second-order valence-corrected chi connectivity index (χ2v) is 10.8. The fourth-order valence-corrected chi connectivity index (χ4v) is 6.68. The number of pyridine rings is 1. The zero-order valence-electron chi connectivity index (χ0n) is 22.0. The third-order valence-electron chi connectivity index (χ3n) is 8.39. The lowest BCUT2D eigenvalue weighted by molar-refractivity contribution is -0.142. The third-order valence-corrected chi connectivity index (χ3v) is 8.39. The zero-order chi connectivity index (χ0) is 27.0. The molecule has 2 saturated heterocycles. The van der Waals surface area contributed by atoms with Crippen molar-refractivity contribution in [1.82, 2.24) is 15.2 Å². The average Bonchev–Trinajstić information content (AvgIpc) is 3.59. The van der Waals surface area contributed by atoms with Crippen molar-refractivity contribution >= 4 is 23.4 Å². The summed E-state index contributed by atoms with van der Waals surface area (Å²) in [6.07, 6.45) is 11.6. The lowest BCUT2D eigenvalue weighted by Gasteiger charge is -2.34. The fraction of sp³-hybridized carbons (Fsp3) is 0.467. The largest absolute Gasteiger partial charge is 0.494 e. The number of fused-ring (bicyclic) bond motifs is 1. The average molecular weight is 531 g/mol. The highest BCUT2D eigenvalue weighted by atomic mass is 16.5. The van der Waals surface area contributed by atoms with Crippen LogP contribution < -0.4 is 15.4 Å². The van der Waals surface area contributed by atoms with Gasteiger partial charge in [0, 0.05) is 30.7 Å². The quantitative estimate of drug-likeness (QED) is 0.508. The van der Waals surface area contributed by atoms with Gasteiger partial charge in [0.05, 0.1) is 24.5 Å². The number of benzene rings is 1. The fourth-order valence-electron chi connectivity index (χ4n) is 6.68. The molecule has 3 fully saturated rings. The first-order valence-electron chi connectivity index (χ1n) is 13.9. The van der Waals surface area contributed by atoms with E-state index in [2.05, 4.69) is 15.6 Å². The molecule has 3 amide bonds. The molecule has 1 saturated carbocycles. The number of likely N-dealkylation sites (tertiary alicyclic amines) is 1. The number of carbonyl (C=O) groups is 3. The minimum Gasteiger partial charge on any atom is -0.494 e. The summed E-state index contributed by atoms with van der Waals surface area (Å²) in [5.41, 5.74) is 0.226. The summed E-state index contributed by atoms with van der Waals surface area (Å²) in [6.45, 7) is 2.67. The van der Waals surface area contributed by atoms with Crippen molar-refractivity contribution in [2.45, 2.75) is 69.4 Å². The second-order valence-electron chi connectivity index (χ2n) is 10.8. The summed E-state index contributed by atoms with van der Waals surface area (Å²) in [7, 11) is 0. The maximum Gasteiger partial charge on any atom is 0.246 e. The van der Waals surface area contributed by atoms with Gasteiger partial charge in [0.25, 0.3) is 0 Å². The first-order valence-corrected chi connectivity index (χ1v) is 13.9. The van der Waals surface area contributed by atoms with Gasteiger partial charge in [-0.15, -0.1) is 0 Å². The first kappa shape index (κ1) is 25.6. The van der Waals surface area contributed by atoms with Gasteiger partial charge in [0.15, 0.2) is 0 Å². The molecule has 1 aliphatic carbocycles. The molecule has 0 radical (unpaired) electrons. The molecular formula is C30H34N4O5. The molecule has 2 aromatic rings. The highest BCUT2D eigenvalue weighted by molar-refractivity contribution is 6.02. The maximum atomic E-state index is 14.1. The van der Waals surface area contributed by atoms with E-state index in [1.807, 2.05) is 25.1 Å². The number of aromatic nitrogens is 1. The normalized spacial score (nSPS) is 29.4. The lowest BCUT2D eigenvalue weighted by atomic mass is 9.74. The molecule has 9 nitrogen and oxygen atoms in total. The number of amides is 3. The molecule has 4 heterocycles. The van der Waals surface area contributed by atoms with Crippen molar-refractivity contribution in [3.63, 3.8) is 0 Å². The number of nitrogens with zero attached hydrogens (tertiary/aromatic N) is 2. The molecule has 4 aliphatic rings. The van der Waals surface area contributed by atoms with Gasteiger partial charge >= 0.3 is 0 Å². The monoisotopic (exact) mass is 530 g/mol. The summed E-state index contributed by atoms with van der Waals surface area (Å²) < 4.78 is 11.9. The van der Waals surface area contributed by atoms with Crippen molar-refractivity contribution in [2.75, 3.05) is 11.9 Å². The van der Waals surface area contributed by atoms with E-state index >= 15 is 0 Å². The molecule has 2 bridgehead atoms. The first-order chi connectivity index (χ1) is 19.0. The third kappa shape index (κ3) is 4.58. The molecular weight excluding hydrogens is 496 g/mol. The van der Waals surface area contributed by atoms with Crippen molar-refractivity contribution in [1.29, 1.82) is 0 Å². The Balaban J connectivity index is 1.28. The van der Waals surface area contributed by atoms with E-state index < -0.39 is 29.6 Å². The van der Waals surface area contributed by atoms with Gasteiger partial charge in [-0.3, -0.25) is 19.4 Å². The summed E-state index contributed by atoms with van der Waals surface area (Å²) in [6, 6.07) is 10.0. The van der Waals surface area contributed by atoms with Gasteiger partial charge in [-0.05, 0) is 55.7 Å². The van der Waals surface area contributed by atoms with Crippen LogP contribution in [0.4, 0.5) is 5.69 Å². The predicted octanol–water partition coefficient (Wildman–Crippen LogP) is 3.22. The van der Waals surface area contributed by atoms with Crippen LogP contribution in [0.15, 0.2) is 60.9 Å². The maximum absolute atomic E-state index is 14.1. The van der Waals surface area contributed by atoms with Gasteiger partial charge in [-0.1, -0.05) is 37.5 Å². The molecule has 1 aromatic heterocycles. The van der Waals surface area contributed by atoms with Gasteiger partial charge in [-0.25, -0.2) is 0 Å². The minimum absolute atomic E-state index is 0.0818. The SMILES string of the molecule is CCOc1ccc(NC(=O)C2[C@@H]3C=CC4(O3)C(C(=O)NC3CCCCC3)N(Cc3cccnc3)C(=O)[C@H]24)cc1. The number of carbonyl (C=O) groups excluding carboxylic acids is 3. The molecule has 204 valence electrons. The van der Waals surface area contributed by atoms with Gasteiger partial charge in [0.1, 0.15) is 17.4 Å². The second kappa shape index (κ2) is 10.4. The molecule has 5 atom stereocenters. The molecule has 2 N–H and O–H groups in total. The molecule has 39 heavy (non-hydrogen) atoms. The summed E-state index contributed by atoms with van der Waals surface area (Å²) in [5.74, 6) is -1.61. The topological polar surface area (TPSA) is 110 Å².